The lowest BCUT2D eigenvalue weighted by molar-refractivity contribution is 0.0728. The number of ether oxygens (including phenoxy) is 1. The highest BCUT2D eigenvalue weighted by molar-refractivity contribution is 6.29. The van der Waals surface area contributed by atoms with Crippen molar-refractivity contribution in [3.05, 3.63) is 107 Å². The quantitative estimate of drug-likeness (QED) is 0.343. The van der Waals surface area contributed by atoms with E-state index in [-0.39, 0.29) is 12.5 Å². The van der Waals surface area contributed by atoms with Gasteiger partial charge >= 0.3 is 0 Å². The monoisotopic (exact) mass is 459 g/mol. The van der Waals surface area contributed by atoms with Gasteiger partial charge in [0.2, 0.25) is 0 Å². The third-order valence-electron chi connectivity index (χ3n) is 5.61. The minimum absolute atomic E-state index is 0.0421. The molecule has 0 saturated carbocycles. The Morgan fingerprint density at radius 2 is 1.88 bits per heavy atom. The van der Waals surface area contributed by atoms with E-state index < -0.39 is 0 Å². The molecule has 0 aliphatic carbocycles. The standard InChI is InChI=1S/C27H26ClN3O2/c1-18(28)17-33-24-10-7-21(8-11-24)15-31(16-23-6-4-5-13-29-23)27(32)22-9-12-26-25(14-22)19(2)20(3)30-26/h4-14,30H,1,15-17H2,2-3H3. The summed E-state index contributed by atoms with van der Waals surface area (Å²) in [5.41, 5.74) is 5.78. The lowest BCUT2D eigenvalue weighted by atomic mass is 10.1. The molecule has 168 valence electrons. The molecule has 1 N–H and O–H groups in total. The van der Waals surface area contributed by atoms with Crippen LogP contribution in [0.1, 0.15) is 32.9 Å². The fourth-order valence-corrected chi connectivity index (χ4v) is 3.79. The van der Waals surface area contributed by atoms with Gasteiger partial charge in [0, 0.05) is 39.9 Å². The van der Waals surface area contributed by atoms with E-state index in [0.717, 1.165) is 33.4 Å². The molecule has 2 aromatic heterocycles. The molecule has 0 unspecified atom stereocenters. The van der Waals surface area contributed by atoms with E-state index in [2.05, 4.69) is 23.5 Å². The van der Waals surface area contributed by atoms with Crippen LogP contribution >= 0.6 is 11.6 Å². The number of carbonyl (C=O) groups excluding carboxylic acids is 1. The summed E-state index contributed by atoms with van der Waals surface area (Å²) < 4.78 is 5.57. The zero-order valence-corrected chi connectivity index (χ0v) is 19.5. The van der Waals surface area contributed by atoms with Crippen LogP contribution in [0, 0.1) is 13.8 Å². The Kier molecular flexibility index (Phi) is 6.80. The third kappa shape index (κ3) is 5.44. The molecule has 1 amide bonds. The topological polar surface area (TPSA) is 58.2 Å². The highest BCUT2D eigenvalue weighted by atomic mass is 35.5. The highest BCUT2D eigenvalue weighted by Gasteiger charge is 2.19. The lowest BCUT2D eigenvalue weighted by Crippen LogP contribution is -2.30. The maximum absolute atomic E-state index is 13.6. The van der Waals surface area contributed by atoms with E-state index in [1.165, 1.54) is 0 Å². The van der Waals surface area contributed by atoms with Crippen LogP contribution in [0.5, 0.6) is 5.75 Å². The zero-order valence-electron chi connectivity index (χ0n) is 18.8. The van der Waals surface area contributed by atoms with Crippen molar-refractivity contribution in [2.24, 2.45) is 0 Å². The van der Waals surface area contributed by atoms with Crippen LogP contribution in [0.15, 0.2) is 78.5 Å². The van der Waals surface area contributed by atoms with Crippen LogP contribution < -0.4 is 4.74 Å². The lowest BCUT2D eigenvalue weighted by Gasteiger charge is -2.23. The number of aryl methyl sites for hydroxylation is 2. The number of nitrogens with zero attached hydrogens (tertiary/aromatic N) is 2. The zero-order chi connectivity index (χ0) is 23.4. The third-order valence-corrected chi connectivity index (χ3v) is 5.72. The number of H-pyrrole nitrogens is 1. The summed E-state index contributed by atoms with van der Waals surface area (Å²) >= 11 is 5.77. The highest BCUT2D eigenvalue weighted by Crippen LogP contribution is 2.24. The van der Waals surface area contributed by atoms with Crippen molar-refractivity contribution in [2.75, 3.05) is 6.61 Å². The summed E-state index contributed by atoms with van der Waals surface area (Å²) in [5, 5.41) is 1.51. The van der Waals surface area contributed by atoms with Gasteiger partial charge < -0.3 is 14.6 Å². The first-order valence-corrected chi connectivity index (χ1v) is 11.1. The number of amides is 1. The van der Waals surface area contributed by atoms with E-state index >= 15 is 0 Å². The Hall–Kier alpha value is -3.57. The molecule has 0 radical (unpaired) electrons. The fraction of sp³-hybridized carbons (Fsp3) is 0.185. The number of rotatable bonds is 8. The molecule has 6 heteroatoms. The van der Waals surface area contributed by atoms with Gasteiger partial charge in [-0.15, -0.1) is 0 Å². The first-order chi connectivity index (χ1) is 15.9. The number of halogens is 1. The molecular formula is C27H26ClN3O2. The minimum atomic E-state index is -0.0421. The van der Waals surface area contributed by atoms with E-state index in [1.807, 2.05) is 72.5 Å². The van der Waals surface area contributed by atoms with Crippen LogP contribution in [0.25, 0.3) is 10.9 Å². The SMILES string of the molecule is C=C(Cl)COc1ccc(CN(Cc2ccccn2)C(=O)c2ccc3[nH]c(C)c(C)c3c2)cc1. The molecule has 5 nitrogen and oxygen atoms in total. The molecule has 4 rings (SSSR count). The normalized spacial score (nSPS) is 10.9. The predicted octanol–water partition coefficient (Wildman–Crippen LogP) is 6.15. The minimum Gasteiger partial charge on any atom is -0.488 e. The van der Waals surface area contributed by atoms with Gasteiger partial charge in [-0.25, -0.2) is 0 Å². The van der Waals surface area contributed by atoms with Crippen LogP contribution in [-0.4, -0.2) is 27.4 Å². The first kappa shape index (κ1) is 22.6. The Labute approximate surface area is 198 Å². The summed E-state index contributed by atoms with van der Waals surface area (Å²) in [6.45, 7) is 8.85. The maximum Gasteiger partial charge on any atom is 0.254 e. The van der Waals surface area contributed by atoms with Gasteiger partial charge in [0.25, 0.3) is 5.91 Å². The largest absolute Gasteiger partial charge is 0.488 e. The van der Waals surface area contributed by atoms with Gasteiger partial charge in [0.05, 0.1) is 12.2 Å². The number of aromatic nitrogens is 2. The van der Waals surface area contributed by atoms with Gasteiger partial charge in [-0.2, -0.15) is 0 Å². The second kappa shape index (κ2) is 9.92. The van der Waals surface area contributed by atoms with Crippen molar-refractivity contribution in [1.29, 1.82) is 0 Å². The average Bonchev–Trinajstić information content (AvgIpc) is 3.11. The van der Waals surface area contributed by atoms with Gasteiger partial charge in [-0.3, -0.25) is 9.78 Å². The molecule has 0 atom stereocenters. The van der Waals surface area contributed by atoms with Crippen molar-refractivity contribution in [3.8, 4) is 5.75 Å². The molecule has 0 fully saturated rings. The Balaban J connectivity index is 1.60. The second-order valence-corrected chi connectivity index (χ2v) is 8.60. The van der Waals surface area contributed by atoms with Crippen molar-refractivity contribution >= 4 is 28.4 Å². The number of carbonyl (C=O) groups is 1. The summed E-state index contributed by atoms with van der Waals surface area (Å²) in [5.74, 6) is 0.659. The van der Waals surface area contributed by atoms with Gasteiger partial charge in [0.15, 0.2) is 0 Å². The number of benzene rings is 2. The van der Waals surface area contributed by atoms with Gasteiger partial charge in [0.1, 0.15) is 12.4 Å². The molecule has 0 saturated heterocycles. The number of fused-ring (bicyclic) bond motifs is 1. The van der Waals surface area contributed by atoms with E-state index in [0.29, 0.717) is 29.4 Å². The Morgan fingerprint density at radius 1 is 1.09 bits per heavy atom. The van der Waals surface area contributed by atoms with E-state index in [9.17, 15) is 4.79 Å². The van der Waals surface area contributed by atoms with Crippen LogP contribution in [-0.2, 0) is 13.1 Å². The molecule has 4 aromatic rings. The van der Waals surface area contributed by atoms with Crippen LogP contribution in [0.4, 0.5) is 0 Å². The molecule has 2 aromatic carbocycles. The summed E-state index contributed by atoms with van der Waals surface area (Å²) in [6.07, 6.45) is 1.74. The van der Waals surface area contributed by atoms with Crippen LogP contribution in [0.2, 0.25) is 0 Å². The molecular weight excluding hydrogens is 434 g/mol. The molecule has 0 spiro atoms. The van der Waals surface area contributed by atoms with Gasteiger partial charge in [-0.05, 0) is 67.4 Å². The molecule has 0 aliphatic heterocycles. The van der Waals surface area contributed by atoms with Crippen LogP contribution in [0.3, 0.4) is 0 Å². The summed E-state index contributed by atoms with van der Waals surface area (Å²) in [6, 6.07) is 19.2. The van der Waals surface area contributed by atoms with Crippen molar-refractivity contribution < 1.29 is 9.53 Å². The van der Waals surface area contributed by atoms with Crippen molar-refractivity contribution in [3.63, 3.8) is 0 Å². The number of pyridine rings is 1. The average molecular weight is 460 g/mol. The van der Waals surface area contributed by atoms with Crippen molar-refractivity contribution in [1.82, 2.24) is 14.9 Å². The molecule has 2 heterocycles. The smallest absolute Gasteiger partial charge is 0.254 e. The fourth-order valence-electron chi connectivity index (χ4n) is 3.74. The van der Waals surface area contributed by atoms with Crippen molar-refractivity contribution in [2.45, 2.75) is 26.9 Å². The Bertz CT molecular complexity index is 1280. The van der Waals surface area contributed by atoms with E-state index in [1.54, 1.807) is 6.20 Å². The first-order valence-electron chi connectivity index (χ1n) is 10.7. The Morgan fingerprint density at radius 3 is 2.58 bits per heavy atom. The maximum atomic E-state index is 13.6. The summed E-state index contributed by atoms with van der Waals surface area (Å²) in [4.78, 5) is 23.2. The molecule has 33 heavy (non-hydrogen) atoms. The van der Waals surface area contributed by atoms with E-state index in [4.69, 9.17) is 16.3 Å². The number of hydrogen-bond donors (Lipinski definition) is 1. The molecule has 0 bridgehead atoms. The number of hydrogen-bond acceptors (Lipinski definition) is 3. The number of nitrogens with one attached hydrogen (secondary N) is 1. The number of aromatic amines is 1. The van der Waals surface area contributed by atoms with Gasteiger partial charge in [-0.1, -0.05) is 36.4 Å². The molecule has 0 aliphatic rings. The second-order valence-electron chi connectivity index (χ2n) is 8.07. The predicted molar refractivity (Wildman–Crippen MR) is 133 cm³/mol. The summed E-state index contributed by atoms with van der Waals surface area (Å²) in [7, 11) is 0.